The Kier molecular flexibility index (Phi) is 4.32. The van der Waals surface area contributed by atoms with Crippen LogP contribution in [0.4, 0.5) is 11.4 Å². The molecule has 1 aliphatic heterocycles. The Labute approximate surface area is 169 Å². The van der Waals surface area contributed by atoms with E-state index in [1.54, 1.807) is 0 Å². The van der Waals surface area contributed by atoms with E-state index in [0.29, 0.717) is 35.3 Å². The Morgan fingerprint density at radius 2 is 1.93 bits per heavy atom. The minimum absolute atomic E-state index is 0.00807. The van der Waals surface area contributed by atoms with Crippen LogP contribution in [0.3, 0.4) is 0 Å². The number of nitrogens with one attached hydrogen (secondary N) is 1. The number of hydrogen-bond donors (Lipinski definition) is 2. The molecular formula is C23H25N3O3. The van der Waals surface area contributed by atoms with E-state index in [1.165, 1.54) is 6.42 Å². The zero-order valence-electron chi connectivity index (χ0n) is 16.7. The number of carbonyl (C=O) groups is 1. The van der Waals surface area contributed by atoms with Gasteiger partial charge in [-0.15, -0.1) is 0 Å². The summed E-state index contributed by atoms with van der Waals surface area (Å²) >= 11 is 0. The third-order valence-electron chi connectivity index (χ3n) is 6.02. The van der Waals surface area contributed by atoms with Crippen LogP contribution in [0.1, 0.15) is 36.2 Å². The first kappa shape index (κ1) is 18.2. The molecule has 0 radical (unpaired) electrons. The molecule has 2 aromatic carbocycles. The van der Waals surface area contributed by atoms with Gasteiger partial charge in [-0.25, -0.2) is 0 Å². The lowest BCUT2D eigenvalue weighted by Gasteiger charge is -2.37. The number of fused-ring (bicyclic) bond motifs is 2. The lowest BCUT2D eigenvalue weighted by molar-refractivity contribution is 0.104. The Morgan fingerprint density at radius 1 is 1.21 bits per heavy atom. The summed E-state index contributed by atoms with van der Waals surface area (Å²) in [6.07, 6.45) is 1.21. The molecule has 3 aromatic rings. The molecule has 2 atom stereocenters. The maximum atomic E-state index is 13.4. The third-order valence-corrected chi connectivity index (χ3v) is 6.02. The van der Waals surface area contributed by atoms with E-state index in [0.717, 1.165) is 40.9 Å². The van der Waals surface area contributed by atoms with Crippen molar-refractivity contribution in [1.82, 2.24) is 5.16 Å². The van der Waals surface area contributed by atoms with Crippen molar-refractivity contribution in [1.29, 1.82) is 0 Å². The van der Waals surface area contributed by atoms with Gasteiger partial charge in [-0.3, -0.25) is 4.79 Å². The molecule has 2 N–H and O–H groups in total. The van der Waals surface area contributed by atoms with Crippen molar-refractivity contribution < 1.29 is 14.4 Å². The summed E-state index contributed by atoms with van der Waals surface area (Å²) in [6.45, 7) is 6.81. The monoisotopic (exact) mass is 391 g/mol. The van der Waals surface area contributed by atoms with Gasteiger partial charge in [0.1, 0.15) is 5.52 Å². The van der Waals surface area contributed by atoms with Crippen LogP contribution in [-0.2, 0) is 0 Å². The van der Waals surface area contributed by atoms with Gasteiger partial charge in [0.2, 0.25) is 0 Å². The average molecular weight is 391 g/mol. The van der Waals surface area contributed by atoms with Crippen LogP contribution < -0.4 is 10.2 Å². The van der Waals surface area contributed by atoms with E-state index < -0.39 is 0 Å². The predicted octanol–water partition coefficient (Wildman–Crippen LogP) is 3.93. The minimum atomic E-state index is -0.0336. The molecule has 0 unspecified atom stereocenters. The number of carbonyl (C=O) groups excluding carboxylic acids is 1. The fourth-order valence-corrected chi connectivity index (χ4v) is 4.97. The molecule has 1 aliphatic carbocycles. The molecule has 1 aromatic heterocycles. The zero-order chi connectivity index (χ0) is 20.1. The standard InChI is InChI=1S/C23H25N3O3/c1-13-9-14(2)12-26(11-13)18-10-17(24-7-8-27)19-20-21(18)25-29-23(20)16-6-4-3-5-15(16)22(19)28/h3-6,10,13-14,24,27H,7-9,11-12H2,1-2H3/t13-,14+. The van der Waals surface area contributed by atoms with Crippen molar-refractivity contribution in [3.63, 3.8) is 0 Å². The largest absolute Gasteiger partial charge is 0.395 e. The first-order chi connectivity index (χ1) is 14.1. The second-order valence-corrected chi connectivity index (χ2v) is 8.43. The zero-order valence-corrected chi connectivity index (χ0v) is 16.7. The highest BCUT2D eigenvalue weighted by molar-refractivity contribution is 6.28. The second kappa shape index (κ2) is 6.88. The number of anilines is 2. The number of piperidine rings is 1. The van der Waals surface area contributed by atoms with Gasteiger partial charge in [0, 0.05) is 36.4 Å². The molecule has 0 saturated carbocycles. The molecular weight excluding hydrogens is 366 g/mol. The molecule has 0 amide bonds. The molecule has 1 saturated heterocycles. The molecule has 0 spiro atoms. The maximum Gasteiger partial charge on any atom is 0.196 e. The number of ketones is 1. The third kappa shape index (κ3) is 2.82. The van der Waals surface area contributed by atoms with E-state index in [4.69, 9.17) is 4.52 Å². The highest BCUT2D eigenvalue weighted by Crippen LogP contribution is 2.46. The van der Waals surface area contributed by atoms with Gasteiger partial charge in [0.15, 0.2) is 11.5 Å². The Morgan fingerprint density at radius 3 is 2.66 bits per heavy atom. The van der Waals surface area contributed by atoms with Gasteiger partial charge in [0.05, 0.1) is 23.2 Å². The average Bonchev–Trinajstić information content (AvgIpc) is 3.15. The van der Waals surface area contributed by atoms with E-state index in [2.05, 4.69) is 29.2 Å². The summed E-state index contributed by atoms with van der Waals surface area (Å²) < 4.78 is 5.81. The molecule has 2 aliphatic rings. The van der Waals surface area contributed by atoms with Crippen LogP contribution in [0.2, 0.25) is 0 Å². The number of hydrogen-bond acceptors (Lipinski definition) is 6. The van der Waals surface area contributed by atoms with Crippen LogP contribution in [0.15, 0.2) is 34.9 Å². The fourth-order valence-electron chi connectivity index (χ4n) is 4.97. The lowest BCUT2D eigenvalue weighted by atomic mass is 9.85. The van der Waals surface area contributed by atoms with E-state index in [1.807, 2.05) is 30.3 Å². The summed E-state index contributed by atoms with van der Waals surface area (Å²) in [7, 11) is 0. The first-order valence-corrected chi connectivity index (χ1v) is 10.3. The molecule has 29 heavy (non-hydrogen) atoms. The Hall–Kier alpha value is -2.86. The SMILES string of the molecule is C[C@@H]1C[C@H](C)CN(c2cc(NCCO)c3c4c(onc24)-c2ccccc2C3=O)C1. The van der Waals surface area contributed by atoms with Crippen molar-refractivity contribution in [2.75, 3.05) is 36.5 Å². The van der Waals surface area contributed by atoms with Crippen LogP contribution >= 0.6 is 0 Å². The Balaban J connectivity index is 1.76. The van der Waals surface area contributed by atoms with Gasteiger partial charge in [-0.2, -0.15) is 0 Å². The van der Waals surface area contributed by atoms with Crippen molar-refractivity contribution in [3.05, 3.63) is 41.5 Å². The van der Waals surface area contributed by atoms with Gasteiger partial charge in [-0.05, 0) is 24.3 Å². The lowest BCUT2D eigenvalue weighted by Crippen LogP contribution is -2.39. The number of nitrogens with zero attached hydrogens (tertiary/aromatic N) is 2. The van der Waals surface area contributed by atoms with Crippen molar-refractivity contribution in [2.24, 2.45) is 11.8 Å². The normalized spacial score (nSPS) is 20.8. The van der Waals surface area contributed by atoms with E-state index in [-0.39, 0.29) is 12.4 Å². The molecule has 150 valence electrons. The number of rotatable bonds is 4. The predicted molar refractivity (Wildman–Crippen MR) is 114 cm³/mol. The van der Waals surface area contributed by atoms with Gasteiger partial charge >= 0.3 is 0 Å². The molecule has 2 heterocycles. The molecule has 5 rings (SSSR count). The number of aliphatic hydroxyl groups is 1. The van der Waals surface area contributed by atoms with Crippen molar-refractivity contribution in [3.8, 4) is 11.3 Å². The second-order valence-electron chi connectivity index (χ2n) is 8.43. The minimum Gasteiger partial charge on any atom is -0.395 e. The molecule has 6 nitrogen and oxygen atoms in total. The van der Waals surface area contributed by atoms with Crippen LogP contribution in [0.5, 0.6) is 0 Å². The van der Waals surface area contributed by atoms with Gasteiger partial charge in [-0.1, -0.05) is 43.3 Å². The molecule has 1 fully saturated rings. The quantitative estimate of drug-likeness (QED) is 0.549. The van der Waals surface area contributed by atoms with Crippen molar-refractivity contribution >= 4 is 28.1 Å². The number of benzene rings is 2. The number of aromatic nitrogens is 1. The summed E-state index contributed by atoms with van der Waals surface area (Å²) in [5.74, 6) is 1.79. The van der Waals surface area contributed by atoms with E-state index >= 15 is 0 Å². The highest BCUT2D eigenvalue weighted by Gasteiger charge is 2.34. The summed E-state index contributed by atoms with van der Waals surface area (Å²) in [5, 5.41) is 17.8. The summed E-state index contributed by atoms with van der Waals surface area (Å²) in [6, 6.07) is 9.52. The molecule has 6 heteroatoms. The topological polar surface area (TPSA) is 78.6 Å². The fraction of sp³-hybridized carbons (Fsp3) is 0.391. The highest BCUT2D eigenvalue weighted by atomic mass is 16.5. The summed E-state index contributed by atoms with van der Waals surface area (Å²) in [4.78, 5) is 15.7. The molecule has 0 bridgehead atoms. The Bertz CT molecular complexity index is 1090. The van der Waals surface area contributed by atoms with E-state index in [9.17, 15) is 9.90 Å². The van der Waals surface area contributed by atoms with Crippen LogP contribution in [0.25, 0.3) is 22.2 Å². The first-order valence-electron chi connectivity index (χ1n) is 10.3. The van der Waals surface area contributed by atoms with Crippen LogP contribution in [0, 0.1) is 11.8 Å². The smallest absolute Gasteiger partial charge is 0.196 e. The van der Waals surface area contributed by atoms with Crippen LogP contribution in [-0.4, -0.2) is 42.3 Å². The van der Waals surface area contributed by atoms with Crippen molar-refractivity contribution in [2.45, 2.75) is 20.3 Å². The summed E-state index contributed by atoms with van der Waals surface area (Å²) in [5.41, 5.74) is 4.47. The number of aliphatic hydroxyl groups excluding tert-OH is 1. The van der Waals surface area contributed by atoms with Gasteiger partial charge in [0.25, 0.3) is 0 Å². The maximum absolute atomic E-state index is 13.4. The van der Waals surface area contributed by atoms with Gasteiger partial charge < -0.3 is 19.8 Å².